The third kappa shape index (κ3) is 5.16. The van der Waals surface area contributed by atoms with Crippen LogP contribution in [0.4, 0.5) is 0 Å². The third-order valence-corrected chi connectivity index (χ3v) is 4.47. The molecule has 0 amide bonds. The second-order valence-corrected chi connectivity index (χ2v) is 6.20. The molecule has 1 aromatic carbocycles. The maximum Gasteiger partial charge on any atom is 0.307 e. The number of aryl methyl sites for hydroxylation is 3. The summed E-state index contributed by atoms with van der Waals surface area (Å²) in [5, 5.41) is 9.14. The van der Waals surface area contributed by atoms with E-state index in [1.54, 1.807) is 0 Å². The van der Waals surface area contributed by atoms with Crippen molar-refractivity contribution in [3.05, 3.63) is 34.4 Å². The molecule has 0 aliphatic carbocycles. The van der Waals surface area contributed by atoms with Crippen molar-refractivity contribution in [1.29, 1.82) is 0 Å². The molecule has 0 aliphatic heterocycles. The van der Waals surface area contributed by atoms with Gasteiger partial charge in [0.05, 0.1) is 5.92 Å². The first-order valence-electron chi connectivity index (χ1n) is 7.88. The Bertz CT molecular complexity index is 459. The fourth-order valence-electron chi connectivity index (χ4n) is 3.14. The molecule has 0 radical (unpaired) electrons. The first-order chi connectivity index (χ1) is 9.88. The number of carbonyl (C=O) groups is 1. The molecule has 2 unspecified atom stereocenters. The molecule has 0 aliphatic rings. The van der Waals surface area contributed by atoms with Crippen LogP contribution in [0.1, 0.15) is 48.4 Å². The summed E-state index contributed by atoms with van der Waals surface area (Å²) in [4.78, 5) is 11.1. The average Bonchev–Trinajstić information content (AvgIpc) is 2.40. The number of nitrogens with two attached hydrogens (primary N) is 1. The Balaban J connectivity index is 2.70. The SMILES string of the molecule is CCC(CCc1c(C)cc(C)cc1C)CC(CN)C(=O)O. The molecular weight excluding hydrogens is 262 g/mol. The Kier molecular flexibility index (Phi) is 6.90. The van der Waals surface area contributed by atoms with E-state index in [1.165, 1.54) is 22.3 Å². The number of rotatable bonds is 8. The summed E-state index contributed by atoms with van der Waals surface area (Å²) in [5.74, 6) is -0.747. The van der Waals surface area contributed by atoms with E-state index in [2.05, 4.69) is 39.8 Å². The molecule has 0 spiro atoms. The van der Waals surface area contributed by atoms with Crippen molar-refractivity contribution >= 4 is 5.97 Å². The number of hydrogen-bond donors (Lipinski definition) is 2. The van der Waals surface area contributed by atoms with Crippen molar-refractivity contribution in [2.24, 2.45) is 17.6 Å². The summed E-state index contributed by atoms with van der Waals surface area (Å²) in [6, 6.07) is 4.45. The van der Waals surface area contributed by atoms with Crippen LogP contribution in [0.15, 0.2) is 12.1 Å². The molecule has 118 valence electrons. The Morgan fingerprint density at radius 3 is 2.24 bits per heavy atom. The number of hydrogen-bond acceptors (Lipinski definition) is 2. The van der Waals surface area contributed by atoms with Crippen molar-refractivity contribution in [2.75, 3.05) is 6.54 Å². The van der Waals surface area contributed by atoms with E-state index < -0.39 is 11.9 Å². The monoisotopic (exact) mass is 291 g/mol. The lowest BCUT2D eigenvalue weighted by atomic mass is 9.86. The molecule has 1 rings (SSSR count). The van der Waals surface area contributed by atoms with Crippen molar-refractivity contribution in [3.8, 4) is 0 Å². The number of carboxylic acids is 1. The van der Waals surface area contributed by atoms with Crippen LogP contribution in [0.3, 0.4) is 0 Å². The number of benzene rings is 1. The number of aliphatic carboxylic acids is 1. The van der Waals surface area contributed by atoms with E-state index in [0.29, 0.717) is 12.3 Å². The molecule has 3 heteroatoms. The predicted molar refractivity (Wildman–Crippen MR) is 87.6 cm³/mol. The minimum atomic E-state index is -0.765. The zero-order valence-electron chi connectivity index (χ0n) is 13.8. The Hall–Kier alpha value is -1.35. The molecule has 0 saturated heterocycles. The van der Waals surface area contributed by atoms with Gasteiger partial charge >= 0.3 is 5.97 Å². The minimum absolute atomic E-state index is 0.231. The maximum atomic E-state index is 11.1. The van der Waals surface area contributed by atoms with Gasteiger partial charge in [-0.2, -0.15) is 0 Å². The van der Waals surface area contributed by atoms with Crippen molar-refractivity contribution in [3.63, 3.8) is 0 Å². The second-order valence-electron chi connectivity index (χ2n) is 6.20. The molecular formula is C18H29NO2. The summed E-state index contributed by atoms with van der Waals surface area (Å²) in [5.41, 5.74) is 11.0. The van der Waals surface area contributed by atoms with E-state index >= 15 is 0 Å². The molecule has 3 nitrogen and oxygen atoms in total. The largest absolute Gasteiger partial charge is 0.481 e. The van der Waals surface area contributed by atoms with Gasteiger partial charge in [-0.25, -0.2) is 0 Å². The van der Waals surface area contributed by atoms with Gasteiger partial charge in [0, 0.05) is 6.54 Å². The van der Waals surface area contributed by atoms with Gasteiger partial charge in [0.15, 0.2) is 0 Å². The van der Waals surface area contributed by atoms with Crippen LogP contribution in [0.25, 0.3) is 0 Å². The van der Waals surface area contributed by atoms with Crippen LogP contribution < -0.4 is 5.73 Å². The van der Waals surface area contributed by atoms with Gasteiger partial charge in [0.2, 0.25) is 0 Å². The highest BCUT2D eigenvalue weighted by atomic mass is 16.4. The lowest BCUT2D eigenvalue weighted by Crippen LogP contribution is -2.26. The second kappa shape index (κ2) is 8.18. The van der Waals surface area contributed by atoms with Gasteiger partial charge in [-0.1, -0.05) is 31.0 Å². The van der Waals surface area contributed by atoms with Crippen LogP contribution in [-0.2, 0) is 11.2 Å². The fourth-order valence-corrected chi connectivity index (χ4v) is 3.14. The van der Waals surface area contributed by atoms with Crippen molar-refractivity contribution < 1.29 is 9.90 Å². The first kappa shape index (κ1) is 17.7. The standard InChI is InChI=1S/C18H29NO2/c1-5-15(10-16(11-19)18(20)21)6-7-17-13(3)8-12(2)9-14(17)4/h8-9,15-16H,5-7,10-11,19H2,1-4H3,(H,20,21). The Labute approximate surface area is 128 Å². The Morgan fingerprint density at radius 2 is 1.81 bits per heavy atom. The summed E-state index contributed by atoms with van der Waals surface area (Å²) in [7, 11) is 0. The van der Waals surface area contributed by atoms with Crippen LogP contribution in [0, 0.1) is 32.6 Å². The van der Waals surface area contributed by atoms with Gasteiger partial charge in [-0.05, 0) is 62.6 Å². The molecule has 0 aromatic heterocycles. The van der Waals surface area contributed by atoms with Crippen LogP contribution >= 0.6 is 0 Å². The van der Waals surface area contributed by atoms with Gasteiger partial charge in [0.1, 0.15) is 0 Å². The predicted octanol–water partition coefficient (Wildman–Crippen LogP) is 3.62. The molecule has 2 atom stereocenters. The topological polar surface area (TPSA) is 63.3 Å². The van der Waals surface area contributed by atoms with E-state index in [9.17, 15) is 4.79 Å². The molecule has 0 saturated carbocycles. The third-order valence-electron chi connectivity index (χ3n) is 4.47. The summed E-state index contributed by atoms with van der Waals surface area (Å²) in [6.07, 6.45) is 3.75. The molecule has 3 N–H and O–H groups in total. The van der Waals surface area contributed by atoms with E-state index in [4.69, 9.17) is 10.8 Å². The van der Waals surface area contributed by atoms with Gasteiger partial charge < -0.3 is 10.8 Å². The molecule has 0 fully saturated rings. The fraction of sp³-hybridized carbons (Fsp3) is 0.611. The van der Waals surface area contributed by atoms with Crippen LogP contribution in [-0.4, -0.2) is 17.6 Å². The highest BCUT2D eigenvalue weighted by Gasteiger charge is 2.20. The number of carboxylic acid groups (broad SMARTS) is 1. The average molecular weight is 291 g/mol. The van der Waals surface area contributed by atoms with Gasteiger partial charge in [-0.15, -0.1) is 0 Å². The van der Waals surface area contributed by atoms with Crippen LogP contribution in [0.2, 0.25) is 0 Å². The quantitative estimate of drug-likeness (QED) is 0.769. The lowest BCUT2D eigenvalue weighted by molar-refractivity contribution is -0.142. The molecule has 21 heavy (non-hydrogen) atoms. The van der Waals surface area contributed by atoms with E-state index in [0.717, 1.165) is 19.3 Å². The zero-order valence-corrected chi connectivity index (χ0v) is 13.8. The highest BCUT2D eigenvalue weighted by molar-refractivity contribution is 5.70. The van der Waals surface area contributed by atoms with Gasteiger partial charge in [-0.3, -0.25) is 4.79 Å². The highest BCUT2D eigenvalue weighted by Crippen LogP contribution is 2.24. The zero-order chi connectivity index (χ0) is 16.0. The van der Waals surface area contributed by atoms with Gasteiger partial charge in [0.25, 0.3) is 0 Å². The summed E-state index contributed by atoms with van der Waals surface area (Å²) < 4.78 is 0. The minimum Gasteiger partial charge on any atom is -0.481 e. The molecule has 0 bridgehead atoms. The van der Waals surface area contributed by atoms with Crippen molar-refractivity contribution in [2.45, 2.75) is 53.4 Å². The van der Waals surface area contributed by atoms with Crippen LogP contribution in [0.5, 0.6) is 0 Å². The summed E-state index contributed by atoms with van der Waals surface area (Å²) in [6.45, 7) is 8.81. The Morgan fingerprint density at radius 1 is 1.24 bits per heavy atom. The van der Waals surface area contributed by atoms with E-state index in [1.807, 2.05) is 0 Å². The maximum absolute atomic E-state index is 11.1. The summed E-state index contributed by atoms with van der Waals surface area (Å²) >= 11 is 0. The lowest BCUT2D eigenvalue weighted by Gasteiger charge is -2.20. The van der Waals surface area contributed by atoms with E-state index in [-0.39, 0.29) is 6.54 Å². The molecule has 0 heterocycles. The smallest absolute Gasteiger partial charge is 0.307 e. The molecule has 1 aromatic rings. The first-order valence-corrected chi connectivity index (χ1v) is 7.88. The van der Waals surface area contributed by atoms with Crippen molar-refractivity contribution in [1.82, 2.24) is 0 Å². The normalized spacial score (nSPS) is 14.0.